The average Bonchev–Trinajstić information content (AvgIpc) is 2.52. The number of benzene rings is 2. The van der Waals surface area contributed by atoms with Crippen molar-refractivity contribution in [1.29, 1.82) is 0 Å². The smallest absolute Gasteiger partial charge is 0.269 e. The Labute approximate surface area is 132 Å². The molecule has 0 bridgehead atoms. The third kappa shape index (κ3) is 4.60. The lowest BCUT2D eigenvalue weighted by Gasteiger charge is -2.08. The van der Waals surface area contributed by atoms with Crippen molar-refractivity contribution in [1.82, 2.24) is 10.9 Å². The van der Waals surface area contributed by atoms with Gasteiger partial charge < -0.3 is 0 Å². The number of halogens is 1. The van der Waals surface area contributed by atoms with E-state index in [2.05, 4.69) is 10.9 Å². The van der Waals surface area contributed by atoms with Gasteiger partial charge in [0.05, 0.1) is 5.75 Å². The number of carbonyl (C=O) groups is 2. The van der Waals surface area contributed by atoms with Crippen LogP contribution < -0.4 is 10.9 Å². The lowest BCUT2D eigenvalue weighted by molar-refractivity contribution is -0.119. The van der Waals surface area contributed by atoms with Crippen molar-refractivity contribution in [3.05, 3.63) is 65.5 Å². The van der Waals surface area contributed by atoms with E-state index in [4.69, 9.17) is 0 Å². The molecule has 0 heterocycles. The summed E-state index contributed by atoms with van der Waals surface area (Å²) in [6.07, 6.45) is 0. The molecule has 0 spiro atoms. The molecule has 0 radical (unpaired) electrons. The fourth-order valence-corrected chi connectivity index (χ4v) is 2.53. The molecule has 2 amide bonds. The van der Waals surface area contributed by atoms with Gasteiger partial charge in [-0.1, -0.05) is 18.2 Å². The summed E-state index contributed by atoms with van der Waals surface area (Å²) in [5.41, 5.74) is 5.99. The molecule has 0 aliphatic rings. The SMILES string of the molecule is Cc1ccccc1SCC(=O)NNC(=O)c1ccc(F)cc1. The van der Waals surface area contributed by atoms with Crippen LogP contribution in [0.4, 0.5) is 4.39 Å². The van der Waals surface area contributed by atoms with E-state index < -0.39 is 11.7 Å². The Kier molecular flexibility index (Phi) is 5.55. The summed E-state index contributed by atoms with van der Waals surface area (Å²) in [5.74, 6) is -1.04. The molecule has 0 fully saturated rings. The second-order valence-corrected chi connectivity index (χ2v) is 5.58. The van der Waals surface area contributed by atoms with Gasteiger partial charge in [0.15, 0.2) is 0 Å². The molecule has 0 aliphatic heterocycles. The normalized spacial score (nSPS) is 10.1. The molecule has 2 N–H and O–H groups in total. The third-order valence-electron chi connectivity index (χ3n) is 2.87. The lowest BCUT2D eigenvalue weighted by Crippen LogP contribution is -2.42. The minimum absolute atomic E-state index is 0.189. The first-order chi connectivity index (χ1) is 10.6. The Balaban J connectivity index is 1.79. The minimum atomic E-state index is -0.491. The van der Waals surface area contributed by atoms with Crippen LogP contribution in [0, 0.1) is 12.7 Å². The first-order valence-electron chi connectivity index (χ1n) is 6.59. The molecule has 6 heteroatoms. The molecule has 22 heavy (non-hydrogen) atoms. The highest BCUT2D eigenvalue weighted by molar-refractivity contribution is 8.00. The zero-order valence-electron chi connectivity index (χ0n) is 11.9. The van der Waals surface area contributed by atoms with Crippen LogP contribution in [-0.4, -0.2) is 17.6 Å². The number of carbonyl (C=O) groups excluding carboxylic acids is 2. The summed E-state index contributed by atoms with van der Waals surface area (Å²) >= 11 is 1.39. The Morgan fingerprint density at radius 3 is 2.41 bits per heavy atom. The molecule has 0 unspecified atom stereocenters. The van der Waals surface area contributed by atoms with Crippen molar-refractivity contribution in [2.45, 2.75) is 11.8 Å². The van der Waals surface area contributed by atoms with E-state index >= 15 is 0 Å². The molecule has 2 rings (SSSR count). The standard InChI is InChI=1S/C16H15FN2O2S/c1-11-4-2-3-5-14(11)22-10-15(20)18-19-16(21)12-6-8-13(17)9-7-12/h2-9H,10H2,1H3,(H,18,20)(H,19,21). The van der Waals surface area contributed by atoms with E-state index in [1.807, 2.05) is 31.2 Å². The maximum Gasteiger partial charge on any atom is 0.269 e. The van der Waals surface area contributed by atoms with Crippen molar-refractivity contribution in [2.75, 3.05) is 5.75 Å². The molecular weight excluding hydrogens is 303 g/mol. The summed E-state index contributed by atoms with van der Waals surface area (Å²) < 4.78 is 12.8. The quantitative estimate of drug-likeness (QED) is 0.673. The maximum absolute atomic E-state index is 12.8. The molecule has 0 aliphatic carbocycles. The molecule has 0 aromatic heterocycles. The molecule has 114 valence electrons. The number of nitrogens with one attached hydrogen (secondary N) is 2. The Bertz CT molecular complexity index is 674. The van der Waals surface area contributed by atoms with Crippen LogP contribution in [-0.2, 0) is 4.79 Å². The predicted octanol–water partition coefficient (Wildman–Crippen LogP) is 2.69. The number of hydrogen-bond donors (Lipinski definition) is 2. The maximum atomic E-state index is 12.8. The van der Waals surface area contributed by atoms with Crippen molar-refractivity contribution < 1.29 is 14.0 Å². The van der Waals surface area contributed by atoms with Crippen molar-refractivity contribution in [2.24, 2.45) is 0 Å². The number of hydrazine groups is 1. The highest BCUT2D eigenvalue weighted by Gasteiger charge is 2.08. The number of hydrogen-bond acceptors (Lipinski definition) is 3. The molecule has 0 saturated heterocycles. The van der Waals surface area contributed by atoms with Crippen molar-refractivity contribution in [3.8, 4) is 0 Å². The van der Waals surface area contributed by atoms with Gasteiger partial charge in [-0.05, 0) is 42.8 Å². The van der Waals surface area contributed by atoms with Gasteiger partial charge in [0, 0.05) is 10.5 Å². The predicted molar refractivity (Wildman–Crippen MR) is 83.9 cm³/mol. The van der Waals surface area contributed by atoms with E-state index in [-0.39, 0.29) is 17.2 Å². The summed E-state index contributed by atoms with van der Waals surface area (Å²) in [7, 11) is 0. The highest BCUT2D eigenvalue weighted by atomic mass is 32.2. The summed E-state index contributed by atoms with van der Waals surface area (Å²) in [5, 5.41) is 0. The van der Waals surface area contributed by atoms with Crippen molar-refractivity contribution >= 4 is 23.6 Å². The minimum Gasteiger partial charge on any atom is -0.272 e. The number of amides is 2. The van der Waals surface area contributed by atoms with Crippen LogP contribution in [0.1, 0.15) is 15.9 Å². The van der Waals surface area contributed by atoms with Gasteiger partial charge in [-0.2, -0.15) is 0 Å². The van der Waals surface area contributed by atoms with Gasteiger partial charge in [0.1, 0.15) is 5.82 Å². The summed E-state index contributed by atoms with van der Waals surface area (Å²) in [6, 6.07) is 12.8. The van der Waals surface area contributed by atoms with Crippen LogP contribution >= 0.6 is 11.8 Å². The molecule has 2 aromatic carbocycles. The summed E-state index contributed by atoms with van der Waals surface area (Å²) in [4.78, 5) is 24.5. The van der Waals surface area contributed by atoms with Crippen LogP contribution in [0.25, 0.3) is 0 Å². The highest BCUT2D eigenvalue weighted by Crippen LogP contribution is 2.21. The number of rotatable bonds is 4. The second kappa shape index (κ2) is 7.61. The average molecular weight is 318 g/mol. The van der Waals surface area contributed by atoms with Gasteiger partial charge in [0.25, 0.3) is 5.91 Å². The van der Waals surface area contributed by atoms with Gasteiger partial charge in [-0.3, -0.25) is 20.4 Å². The molecular formula is C16H15FN2O2S. The van der Waals surface area contributed by atoms with Crippen LogP contribution in [0.2, 0.25) is 0 Å². The first-order valence-corrected chi connectivity index (χ1v) is 7.58. The van der Waals surface area contributed by atoms with Crippen molar-refractivity contribution in [3.63, 3.8) is 0 Å². The van der Waals surface area contributed by atoms with Crippen LogP contribution in [0.5, 0.6) is 0 Å². The van der Waals surface area contributed by atoms with Crippen LogP contribution in [0.15, 0.2) is 53.4 Å². The zero-order chi connectivity index (χ0) is 15.9. The third-order valence-corrected chi connectivity index (χ3v) is 4.05. The number of aryl methyl sites for hydroxylation is 1. The van der Waals surface area contributed by atoms with Gasteiger partial charge in [-0.25, -0.2) is 4.39 Å². The Morgan fingerprint density at radius 1 is 1.05 bits per heavy atom. The second-order valence-electron chi connectivity index (χ2n) is 4.56. The summed E-state index contributed by atoms with van der Waals surface area (Å²) in [6.45, 7) is 1.97. The fraction of sp³-hybridized carbons (Fsp3) is 0.125. The lowest BCUT2D eigenvalue weighted by atomic mass is 10.2. The monoisotopic (exact) mass is 318 g/mol. The van der Waals surface area contributed by atoms with E-state index in [9.17, 15) is 14.0 Å². The van der Waals surface area contributed by atoms with Gasteiger partial charge in [0.2, 0.25) is 5.91 Å². The zero-order valence-corrected chi connectivity index (χ0v) is 12.7. The van der Waals surface area contributed by atoms with E-state index in [1.165, 1.54) is 36.0 Å². The van der Waals surface area contributed by atoms with E-state index in [0.29, 0.717) is 0 Å². The molecule has 0 saturated carbocycles. The Morgan fingerprint density at radius 2 is 1.73 bits per heavy atom. The molecule has 2 aromatic rings. The first kappa shape index (κ1) is 16.0. The number of thioether (sulfide) groups is 1. The van der Waals surface area contributed by atoms with E-state index in [0.717, 1.165) is 10.5 Å². The van der Waals surface area contributed by atoms with E-state index in [1.54, 1.807) is 0 Å². The molecule has 4 nitrogen and oxygen atoms in total. The van der Waals surface area contributed by atoms with Crippen LogP contribution in [0.3, 0.4) is 0 Å². The fourth-order valence-electron chi connectivity index (χ4n) is 1.70. The Hall–Kier alpha value is -2.34. The topological polar surface area (TPSA) is 58.2 Å². The molecule has 0 atom stereocenters. The largest absolute Gasteiger partial charge is 0.272 e. The van der Waals surface area contributed by atoms with Gasteiger partial charge >= 0.3 is 0 Å². The van der Waals surface area contributed by atoms with Gasteiger partial charge in [-0.15, -0.1) is 11.8 Å².